The van der Waals surface area contributed by atoms with Crippen molar-refractivity contribution in [2.75, 3.05) is 26.3 Å². The summed E-state index contributed by atoms with van der Waals surface area (Å²) >= 11 is 0. The third-order valence-corrected chi connectivity index (χ3v) is 5.83. The van der Waals surface area contributed by atoms with E-state index in [9.17, 15) is 10.2 Å². The van der Waals surface area contributed by atoms with Crippen molar-refractivity contribution >= 4 is 0 Å². The van der Waals surface area contributed by atoms with Gasteiger partial charge in [0.25, 0.3) is 0 Å². The van der Waals surface area contributed by atoms with Gasteiger partial charge < -0.3 is 19.8 Å². The van der Waals surface area contributed by atoms with Crippen molar-refractivity contribution in [3.63, 3.8) is 0 Å². The molecule has 0 unspecified atom stereocenters. The maximum Gasteiger partial charge on any atom is 0.139 e. The summed E-state index contributed by atoms with van der Waals surface area (Å²) in [6.45, 7) is 16.2. The van der Waals surface area contributed by atoms with Gasteiger partial charge in [0.15, 0.2) is 0 Å². The van der Waals surface area contributed by atoms with Crippen LogP contribution in [0.1, 0.15) is 69.8 Å². The third-order valence-electron chi connectivity index (χ3n) is 5.83. The lowest BCUT2D eigenvalue weighted by Crippen LogP contribution is -3.14. The predicted molar refractivity (Wildman–Crippen MR) is 117 cm³/mol. The maximum absolute atomic E-state index is 11.1. The Morgan fingerprint density at radius 2 is 1.38 bits per heavy atom. The van der Waals surface area contributed by atoms with E-state index in [1.165, 1.54) is 10.5 Å². The highest BCUT2D eigenvalue weighted by atomic mass is 16.5. The molecule has 1 heterocycles. The number of phenols is 2. The number of rotatable bonds is 3. The summed E-state index contributed by atoms with van der Waals surface area (Å²) in [7, 11) is 0. The highest BCUT2D eigenvalue weighted by Crippen LogP contribution is 2.41. The van der Waals surface area contributed by atoms with Crippen LogP contribution in [0, 0.1) is 0 Å². The Hall–Kier alpha value is -2.04. The molecule has 3 rings (SSSR count). The van der Waals surface area contributed by atoms with Crippen LogP contribution in [-0.4, -0.2) is 36.5 Å². The van der Waals surface area contributed by atoms with Crippen LogP contribution >= 0.6 is 0 Å². The Morgan fingerprint density at radius 1 is 0.828 bits per heavy atom. The van der Waals surface area contributed by atoms with E-state index in [0.717, 1.165) is 43.0 Å². The van der Waals surface area contributed by atoms with E-state index in [0.29, 0.717) is 5.75 Å². The van der Waals surface area contributed by atoms with Crippen LogP contribution in [0.2, 0.25) is 0 Å². The normalized spacial score (nSPS) is 17.3. The maximum atomic E-state index is 11.1. The number of benzene rings is 2. The van der Waals surface area contributed by atoms with Crippen LogP contribution in [0.15, 0.2) is 36.4 Å². The van der Waals surface area contributed by atoms with Gasteiger partial charge in [0.2, 0.25) is 0 Å². The van der Waals surface area contributed by atoms with Crippen molar-refractivity contribution < 1.29 is 19.8 Å². The first-order valence-electron chi connectivity index (χ1n) is 10.6. The van der Waals surface area contributed by atoms with Crippen LogP contribution in [-0.2, 0) is 15.6 Å². The van der Waals surface area contributed by atoms with E-state index in [2.05, 4.69) is 59.7 Å². The van der Waals surface area contributed by atoms with Gasteiger partial charge in [-0.2, -0.15) is 0 Å². The molecule has 158 valence electrons. The molecule has 29 heavy (non-hydrogen) atoms. The Bertz CT molecular complexity index is 820. The first kappa shape index (κ1) is 21.7. The highest BCUT2D eigenvalue weighted by Gasteiger charge is 2.33. The minimum Gasteiger partial charge on any atom is -0.508 e. The second-order valence-corrected chi connectivity index (χ2v) is 10.3. The minimum absolute atomic E-state index is 0.0776. The van der Waals surface area contributed by atoms with Crippen molar-refractivity contribution in [2.24, 2.45) is 0 Å². The zero-order valence-electron chi connectivity index (χ0n) is 18.7. The van der Waals surface area contributed by atoms with Crippen molar-refractivity contribution in [1.82, 2.24) is 0 Å². The molecule has 4 heteroatoms. The lowest BCUT2D eigenvalue weighted by Gasteiger charge is -2.34. The van der Waals surface area contributed by atoms with Gasteiger partial charge in [-0.15, -0.1) is 0 Å². The van der Waals surface area contributed by atoms with Crippen LogP contribution in [0.5, 0.6) is 11.5 Å². The Morgan fingerprint density at radius 3 is 1.86 bits per heavy atom. The van der Waals surface area contributed by atoms with Gasteiger partial charge >= 0.3 is 0 Å². The number of ether oxygens (including phenoxy) is 1. The van der Waals surface area contributed by atoms with Crippen molar-refractivity contribution in [1.29, 1.82) is 0 Å². The van der Waals surface area contributed by atoms with Crippen LogP contribution < -0.4 is 4.90 Å². The fourth-order valence-corrected chi connectivity index (χ4v) is 4.26. The van der Waals surface area contributed by atoms with E-state index in [1.54, 1.807) is 6.07 Å². The summed E-state index contributed by atoms with van der Waals surface area (Å²) in [4.78, 5) is 1.42. The number of morpholine rings is 1. The molecule has 0 bridgehead atoms. The quantitative estimate of drug-likeness (QED) is 0.739. The molecular weight excluding hydrogens is 362 g/mol. The zero-order chi connectivity index (χ0) is 21.4. The Labute approximate surface area is 175 Å². The van der Waals surface area contributed by atoms with Gasteiger partial charge in [-0.25, -0.2) is 0 Å². The zero-order valence-corrected chi connectivity index (χ0v) is 18.7. The number of nitrogens with one attached hydrogen (secondary N) is 1. The van der Waals surface area contributed by atoms with E-state index in [4.69, 9.17) is 4.74 Å². The van der Waals surface area contributed by atoms with Crippen molar-refractivity contribution in [2.45, 2.75) is 58.4 Å². The monoisotopic (exact) mass is 398 g/mol. The summed E-state index contributed by atoms with van der Waals surface area (Å²) in [5, 5.41) is 21.3. The molecule has 1 aliphatic heterocycles. The predicted octanol–water partition coefficient (Wildman–Crippen LogP) is 3.70. The molecule has 2 aromatic rings. The van der Waals surface area contributed by atoms with Gasteiger partial charge in [0, 0.05) is 22.3 Å². The fourth-order valence-electron chi connectivity index (χ4n) is 4.26. The molecule has 3 N–H and O–H groups in total. The topological polar surface area (TPSA) is 54.1 Å². The van der Waals surface area contributed by atoms with Gasteiger partial charge in [-0.3, -0.25) is 0 Å². The Balaban J connectivity index is 2.24. The largest absolute Gasteiger partial charge is 0.508 e. The molecule has 0 aliphatic carbocycles. The summed E-state index contributed by atoms with van der Waals surface area (Å²) in [6.07, 6.45) is 0. The molecule has 0 spiro atoms. The second kappa shape index (κ2) is 8.00. The number of aromatic hydroxyl groups is 2. The van der Waals surface area contributed by atoms with E-state index in [-0.39, 0.29) is 22.6 Å². The molecule has 4 nitrogen and oxygen atoms in total. The van der Waals surface area contributed by atoms with Crippen LogP contribution in [0.4, 0.5) is 0 Å². The van der Waals surface area contributed by atoms with Gasteiger partial charge in [-0.1, -0.05) is 53.7 Å². The first-order valence-corrected chi connectivity index (χ1v) is 10.6. The molecule has 1 atom stereocenters. The highest BCUT2D eigenvalue weighted by molar-refractivity contribution is 5.51. The average Bonchev–Trinajstić information content (AvgIpc) is 2.62. The molecule has 1 saturated heterocycles. The van der Waals surface area contributed by atoms with Gasteiger partial charge in [-0.05, 0) is 35.1 Å². The Kier molecular flexibility index (Phi) is 5.98. The molecule has 2 aromatic carbocycles. The number of phenolic OH excluding ortho intramolecular Hbond substituents is 2. The van der Waals surface area contributed by atoms with Crippen LogP contribution in [0.3, 0.4) is 0 Å². The fraction of sp³-hybridized carbons (Fsp3) is 0.520. The van der Waals surface area contributed by atoms with Crippen LogP contribution in [0.25, 0.3) is 0 Å². The SMILES string of the molecule is CC(C)(C)c1cc([C@H](c2cccc(O)c2)[NH+]2CCOCC2)cc(C(C)(C)C)c1O. The van der Waals surface area contributed by atoms with Crippen molar-refractivity contribution in [3.8, 4) is 11.5 Å². The average molecular weight is 399 g/mol. The standard InChI is InChI=1S/C25H35NO3/c1-24(2,3)20-15-18(16-21(23(20)28)25(4,5)6)22(26-10-12-29-13-11-26)17-8-7-9-19(27)14-17/h7-9,14-16,22,27-28H,10-13H2,1-6H3/p+1/t22-/m0/s1. The summed E-state index contributed by atoms with van der Waals surface area (Å²) in [5.41, 5.74) is 3.86. The van der Waals surface area contributed by atoms with Gasteiger partial charge in [0.05, 0.1) is 13.2 Å². The molecule has 0 radical (unpaired) electrons. The summed E-state index contributed by atoms with van der Waals surface area (Å²) in [6, 6.07) is 12.0. The number of quaternary nitrogens is 1. The molecule has 0 aromatic heterocycles. The van der Waals surface area contributed by atoms with Gasteiger partial charge in [0.1, 0.15) is 30.6 Å². The minimum atomic E-state index is -0.177. The first-order chi connectivity index (χ1) is 13.5. The van der Waals surface area contributed by atoms with Crippen molar-refractivity contribution in [3.05, 3.63) is 58.7 Å². The molecule has 1 aliphatic rings. The summed E-state index contributed by atoms with van der Waals surface area (Å²) in [5.74, 6) is 0.686. The number of hydrogen-bond donors (Lipinski definition) is 3. The molecule has 0 amide bonds. The van der Waals surface area contributed by atoms with E-state index >= 15 is 0 Å². The number of hydrogen-bond acceptors (Lipinski definition) is 3. The lowest BCUT2D eigenvalue weighted by molar-refractivity contribution is -0.933. The molecule has 0 saturated carbocycles. The lowest BCUT2D eigenvalue weighted by atomic mass is 9.77. The summed E-state index contributed by atoms with van der Waals surface area (Å²) < 4.78 is 5.61. The third kappa shape index (κ3) is 4.76. The van der Waals surface area contributed by atoms with E-state index < -0.39 is 0 Å². The molecule has 1 fully saturated rings. The van der Waals surface area contributed by atoms with E-state index in [1.807, 2.05) is 12.1 Å². The second-order valence-electron chi connectivity index (χ2n) is 10.3. The molecular formula is C25H36NO3+. The smallest absolute Gasteiger partial charge is 0.139 e.